The van der Waals surface area contributed by atoms with E-state index in [2.05, 4.69) is 0 Å². The molecule has 82 valence electrons. The quantitative estimate of drug-likeness (QED) is 0.266. The van der Waals surface area contributed by atoms with Crippen molar-refractivity contribution in [3.8, 4) is 0 Å². The van der Waals surface area contributed by atoms with E-state index in [1.54, 1.807) is 0 Å². The number of hydrogen-bond donors (Lipinski definition) is 0. The topological polar surface area (TPSA) is 161 Å². The molecule has 0 aliphatic heterocycles. The van der Waals surface area contributed by atoms with Crippen molar-refractivity contribution in [2.45, 2.75) is 13.3 Å². The first-order valence-electron chi connectivity index (χ1n) is 2.90. The Morgan fingerprint density at radius 2 is 1.00 bits per heavy atom. The molecule has 0 amide bonds. The number of carboxylic acid groups (broad SMARTS) is 4. The smallest absolute Gasteiger partial charge is 0.554 e. The van der Waals surface area contributed by atoms with Crippen LogP contribution < -0.4 is 226 Å². The van der Waals surface area contributed by atoms with Gasteiger partial charge in [-0.3, -0.25) is 0 Å². The van der Waals surface area contributed by atoms with Gasteiger partial charge >= 0.3 is 206 Å². The standard InChI is InChI=1S/C3H4O4.C2H4O2.CH2O2.4K/c4-2(5)1-3(6)7;1-2(3)4;2-1-3;;;;/h1H2,(H,4,5)(H,6,7);1H3,(H,3,4);1H,(H,2,3);;;;/q;;;4*+1/p-4. The molecule has 0 heterocycles. The molecule has 0 N–H and O–H groups in total. The van der Waals surface area contributed by atoms with Crippen LogP contribution in [0.5, 0.6) is 0 Å². The maximum absolute atomic E-state index is 9.28. The van der Waals surface area contributed by atoms with Crippen LogP contribution in [-0.4, -0.2) is 24.4 Å². The third-order valence-corrected chi connectivity index (χ3v) is 0.289. The van der Waals surface area contributed by atoms with Gasteiger partial charge < -0.3 is 39.6 Å². The molecule has 0 aromatic carbocycles. The van der Waals surface area contributed by atoms with Gasteiger partial charge in [-0.2, -0.15) is 0 Å². The molecule has 0 radical (unpaired) electrons. The minimum atomic E-state index is -1.63. The second-order valence-electron chi connectivity index (χ2n) is 1.51. The molecule has 12 heteroatoms. The summed E-state index contributed by atoms with van der Waals surface area (Å²) in [5.41, 5.74) is 0. The normalized spacial score (nSPS) is 5.17. The summed E-state index contributed by atoms with van der Waals surface area (Å²) in [6.45, 7) is 0.472. The third-order valence-electron chi connectivity index (χ3n) is 0.289. The second kappa shape index (κ2) is 37.6. The van der Waals surface area contributed by atoms with Gasteiger partial charge in [0, 0.05) is 30.8 Å². The van der Waals surface area contributed by atoms with Gasteiger partial charge in [0.1, 0.15) is 0 Å². The Balaban J connectivity index is -0.0000000196. The molecule has 0 unspecified atom stereocenters. The van der Waals surface area contributed by atoms with Crippen molar-refractivity contribution in [3.05, 3.63) is 0 Å². The van der Waals surface area contributed by atoms with Gasteiger partial charge in [0.05, 0.1) is 0 Å². The largest absolute Gasteiger partial charge is 1.00 e. The van der Waals surface area contributed by atoms with E-state index in [9.17, 15) is 19.8 Å². The summed E-state index contributed by atoms with van der Waals surface area (Å²) < 4.78 is 0. The molecular formula is C6H6K4O8. The van der Waals surface area contributed by atoms with E-state index in [1.165, 1.54) is 0 Å². The summed E-state index contributed by atoms with van der Waals surface area (Å²) in [7, 11) is 0. The van der Waals surface area contributed by atoms with Crippen molar-refractivity contribution in [1.82, 2.24) is 0 Å². The summed E-state index contributed by atoms with van der Waals surface area (Å²) in [6, 6.07) is 0. The number of rotatable bonds is 2. The zero-order valence-electron chi connectivity index (χ0n) is 11.1. The van der Waals surface area contributed by atoms with Crippen LogP contribution in [0.1, 0.15) is 13.3 Å². The Labute approximate surface area is 274 Å². The van der Waals surface area contributed by atoms with Crippen LogP contribution in [-0.2, 0) is 19.2 Å². The fourth-order valence-electron chi connectivity index (χ4n) is 0.118. The fourth-order valence-corrected chi connectivity index (χ4v) is 0.118. The number of aliphatic carboxylic acids is 3. The summed E-state index contributed by atoms with van der Waals surface area (Å²) in [5, 5.41) is 35.7. The molecule has 0 saturated heterocycles. The molecule has 0 aromatic heterocycles. The van der Waals surface area contributed by atoms with Crippen molar-refractivity contribution in [3.63, 3.8) is 0 Å². The van der Waals surface area contributed by atoms with Crippen LogP contribution in [0.15, 0.2) is 0 Å². The maximum Gasteiger partial charge on any atom is 1.00 e. The third kappa shape index (κ3) is 109. The minimum Gasteiger partial charge on any atom is -0.554 e. The average molecular weight is 362 g/mol. The van der Waals surface area contributed by atoms with Crippen molar-refractivity contribution in [1.29, 1.82) is 0 Å². The van der Waals surface area contributed by atoms with E-state index in [-0.39, 0.29) is 206 Å². The van der Waals surface area contributed by atoms with Crippen molar-refractivity contribution in [2.75, 3.05) is 0 Å². The number of hydrogen-bond acceptors (Lipinski definition) is 8. The molecule has 0 bridgehead atoms. The van der Waals surface area contributed by atoms with Crippen LogP contribution in [0.4, 0.5) is 0 Å². The van der Waals surface area contributed by atoms with Crippen LogP contribution in [0, 0.1) is 0 Å². The van der Waals surface area contributed by atoms with Crippen LogP contribution in [0.2, 0.25) is 0 Å². The molecule has 0 atom stereocenters. The maximum atomic E-state index is 9.28. The Morgan fingerprint density at radius 3 is 1.00 bits per heavy atom. The summed E-state index contributed by atoms with van der Waals surface area (Å²) in [5.74, 6) is -4.33. The predicted molar refractivity (Wildman–Crippen MR) is 31.4 cm³/mol. The molecule has 0 fully saturated rings. The summed E-state index contributed by atoms with van der Waals surface area (Å²) in [6.07, 6.45) is -1.03. The molecule has 0 aliphatic carbocycles. The molecule has 0 aromatic rings. The number of carbonyl (C=O) groups is 4. The monoisotopic (exact) mass is 362 g/mol. The molecular weight excluding hydrogens is 356 g/mol. The van der Waals surface area contributed by atoms with Gasteiger partial charge in [-0.05, 0) is 6.92 Å². The SMILES string of the molecule is CC(=O)[O-].O=C([O-])CC(=O)[O-].O=C[O-].[K+].[K+].[K+].[K+]. The van der Waals surface area contributed by atoms with Crippen LogP contribution in [0.3, 0.4) is 0 Å². The van der Waals surface area contributed by atoms with E-state index < -0.39 is 30.8 Å². The Morgan fingerprint density at radius 1 is 0.889 bits per heavy atom. The summed E-state index contributed by atoms with van der Waals surface area (Å²) >= 11 is 0. The van der Waals surface area contributed by atoms with Crippen molar-refractivity contribution in [2.24, 2.45) is 0 Å². The molecule has 0 rings (SSSR count). The zero-order valence-corrected chi connectivity index (χ0v) is 23.5. The van der Waals surface area contributed by atoms with E-state index in [4.69, 9.17) is 19.8 Å². The second-order valence-corrected chi connectivity index (χ2v) is 1.51. The van der Waals surface area contributed by atoms with Gasteiger partial charge in [-0.15, -0.1) is 0 Å². The Hall–Kier alpha value is 4.43. The Kier molecular flexibility index (Phi) is 90.3. The number of carbonyl (C=O) groups excluding carboxylic acids is 4. The van der Waals surface area contributed by atoms with Crippen molar-refractivity contribution < 1.29 is 245 Å². The van der Waals surface area contributed by atoms with Gasteiger partial charge in [0.15, 0.2) is 0 Å². The van der Waals surface area contributed by atoms with Crippen molar-refractivity contribution >= 4 is 24.4 Å². The van der Waals surface area contributed by atoms with Gasteiger partial charge in [-0.1, -0.05) is 0 Å². The van der Waals surface area contributed by atoms with Gasteiger partial charge in [-0.25, -0.2) is 0 Å². The molecule has 0 aliphatic rings. The van der Waals surface area contributed by atoms with E-state index in [0.717, 1.165) is 6.92 Å². The van der Waals surface area contributed by atoms with E-state index >= 15 is 0 Å². The molecule has 18 heavy (non-hydrogen) atoms. The summed E-state index contributed by atoms with van der Waals surface area (Å²) in [4.78, 5) is 35.7. The van der Waals surface area contributed by atoms with Crippen LogP contribution in [0.25, 0.3) is 0 Å². The van der Waals surface area contributed by atoms with Crippen LogP contribution >= 0.6 is 0 Å². The molecule has 8 nitrogen and oxygen atoms in total. The average Bonchev–Trinajstić information content (AvgIpc) is 1.82. The minimum absolute atomic E-state index is 0. The number of carboxylic acids is 3. The first kappa shape index (κ1) is 43.3. The Bertz CT molecular complexity index is 194. The van der Waals surface area contributed by atoms with Gasteiger partial charge in [0.2, 0.25) is 0 Å². The van der Waals surface area contributed by atoms with Gasteiger partial charge in [0.25, 0.3) is 0 Å². The zero-order chi connectivity index (χ0) is 12.1. The molecule has 0 spiro atoms. The van der Waals surface area contributed by atoms with E-state index in [0.29, 0.717) is 0 Å². The molecule has 0 saturated carbocycles. The van der Waals surface area contributed by atoms with E-state index in [1.807, 2.05) is 0 Å². The first-order valence-corrected chi connectivity index (χ1v) is 2.90. The fraction of sp³-hybridized carbons (Fsp3) is 0.333. The first-order chi connectivity index (χ1) is 6.27. The predicted octanol–water partition coefficient (Wildman–Crippen LogP) is -18.0.